The molecular formula is C7H13O. The molecule has 0 aromatic carbocycles. The molecule has 0 amide bonds. The Bertz CT molecular complexity index is 55.4. The average Bonchev–Trinajstić information content (AvgIpc) is 1.90. The van der Waals surface area contributed by atoms with Crippen molar-refractivity contribution in [2.24, 2.45) is 0 Å². The van der Waals surface area contributed by atoms with E-state index in [4.69, 9.17) is 4.74 Å². The van der Waals surface area contributed by atoms with Crippen LogP contribution < -0.4 is 0 Å². The summed E-state index contributed by atoms with van der Waals surface area (Å²) < 4.78 is 5.16. The monoisotopic (exact) mass is 113 g/mol. The van der Waals surface area contributed by atoms with Gasteiger partial charge in [-0.1, -0.05) is 6.42 Å². The second-order valence-corrected chi connectivity index (χ2v) is 2.31. The highest BCUT2D eigenvalue weighted by Gasteiger charge is 2.10. The molecule has 0 bridgehead atoms. The molecule has 1 saturated carbocycles. The first kappa shape index (κ1) is 6.09. The molecule has 47 valence electrons. The van der Waals surface area contributed by atoms with Crippen molar-refractivity contribution in [3.8, 4) is 0 Å². The quantitative estimate of drug-likeness (QED) is 0.503. The third kappa shape index (κ3) is 1.48. The van der Waals surface area contributed by atoms with Crippen LogP contribution in [0.4, 0.5) is 0 Å². The molecule has 1 unspecified atom stereocenters. The van der Waals surface area contributed by atoms with E-state index in [-0.39, 0.29) is 0 Å². The lowest BCUT2D eigenvalue weighted by molar-refractivity contribution is 0.0836. The summed E-state index contributed by atoms with van der Waals surface area (Å²) in [6.07, 6.45) is 7.88. The summed E-state index contributed by atoms with van der Waals surface area (Å²) in [5.74, 6) is 0. The van der Waals surface area contributed by atoms with E-state index in [1.807, 2.05) is 0 Å². The summed E-state index contributed by atoms with van der Waals surface area (Å²) in [6.45, 7) is 0. The van der Waals surface area contributed by atoms with E-state index in [0.29, 0.717) is 6.10 Å². The minimum absolute atomic E-state index is 0.531. The summed E-state index contributed by atoms with van der Waals surface area (Å²) in [6, 6.07) is 0. The highest BCUT2D eigenvalue weighted by Crippen LogP contribution is 2.18. The topological polar surface area (TPSA) is 9.23 Å². The van der Waals surface area contributed by atoms with Crippen molar-refractivity contribution in [2.45, 2.75) is 31.8 Å². The second kappa shape index (κ2) is 3.08. The van der Waals surface area contributed by atoms with Crippen LogP contribution in [0.3, 0.4) is 0 Å². The van der Waals surface area contributed by atoms with Gasteiger partial charge in [0, 0.05) is 7.11 Å². The maximum Gasteiger partial charge on any atom is 0.0574 e. The van der Waals surface area contributed by atoms with Crippen LogP contribution >= 0.6 is 0 Å². The normalized spacial score (nSPS) is 23.6. The lowest BCUT2D eigenvalue weighted by Crippen LogP contribution is -2.14. The van der Waals surface area contributed by atoms with Crippen LogP contribution in [0.1, 0.15) is 25.7 Å². The van der Waals surface area contributed by atoms with Crippen molar-refractivity contribution in [3.63, 3.8) is 0 Å². The van der Waals surface area contributed by atoms with Gasteiger partial charge in [-0.3, -0.25) is 0 Å². The van der Waals surface area contributed by atoms with E-state index < -0.39 is 0 Å². The number of methoxy groups -OCH3 is 1. The summed E-state index contributed by atoms with van der Waals surface area (Å²) in [5, 5.41) is 0. The first-order valence-corrected chi connectivity index (χ1v) is 3.28. The van der Waals surface area contributed by atoms with Gasteiger partial charge in [-0.05, 0) is 25.7 Å². The number of hydrogen-bond acceptors (Lipinski definition) is 1. The predicted octanol–water partition coefficient (Wildman–Crippen LogP) is 1.78. The van der Waals surface area contributed by atoms with E-state index in [1.54, 1.807) is 7.11 Å². The zero-order chi connectivity index (χ0) is 5.82. The summed E-state index contributed by atoms with van der Waals surface area (Å²) in [7, 11) is 1.80. The molecule has 1 fully saturated rings. The molecule has 0 aliphatic heterocycles. The van der Waals surface area contributed by atoms with Crippen LogP contribution in [0.5, 0.6) is 0 Å². The minimum atomic E-state index is 0.531. The van der Waals surface area contributed by atoms with Crippen molar-refractivity contribution in [1.29, 1.82) is 0 Å². The first-order chi connectivity index (χ1) is 3.93. The van der Waals surface area contributed by atoms with Crippen molar-refractivity contribution in [3.05, 3.63) is 6.42 Å². The molecule has 0 N–H and O–H groups in total. The van der Waals surface area contributed by atoms with Crippen molar-refractivity contribution < 1.29 is 4.74 Å². The third-order valence-corrected chi connectivity index (χ3v) is 1.70. The highest BCUT2D eigenvalue weighted by molar-refractivity contribution is 4.77. The largest absolute Gasteiger partial charge is 0.381 e. The molecule has 0 saturated heterocycles. The molecule has 0 aromatic heterocycles. The van der Waals surface area contributed by atoms with Gasteiger partial charge in [0.15, 0.2) is 0 Å². The molecule has 1 radical (unpaired) electrons. The summed E-state index contributed by atoms with van der Waals surface area (Å²) in [5.41, 5.74) is 0. The van der Waals surface area contributed by atoms with Crippen LogP contribution in [-0.4, -0.2) is 13.2 Å². The Morgan fingerprint density at radius 3 is 2.88 bits per heavy atom. The SMILES string of the molecule is COC1C[CH]CCC1. The van der Waals surface area contributed by atoms with Crippen LogP contribution in [0.2, 0.25) is 0 Å². The third-order valence-electron chi connectivity index (χ3n) is 1.70. The van der Waals surface area contributed by atoms with E-state index in [9.17, 15) is 0 Å². The van der Waals surface area contributed by atoms with Crippen LogP contribution in [0, 0.1) is 6.42 Å². The van der Waals surface area contributed by atoms with Crippen LogP contribution in [-0.2, 0) is 4.74 Å². The Morgan fingerprint density at radius 2 is 2.50 bits per heavy atom. The van der Waals surface area contributed by atoms with Gasteiger partial charge in [0.1, 0.15) is 0 Å². The average molecular weight is 113 g/mol. The molecule has 1 aliphatic rings. The van der Waals surface area contributed by atoms with Gasteiger partial charge in [-0.15, -0.1) is 0 Å². The molecule has 1 aliphatic carbocycles. The number of rotatable bonds is 1. The maximum absolute atomic E-state index is 5.16. The van der Waals surface area contributed by atoms with Crippen molar-refractivity contribution >= 4 is 0 Å². The van der Waals surface area contributed by atoms with Gasteiger partial charge in [-0.25, -0.2) is 0 Å². The minimum Gasteiger partial charge on any atom is -0.381 e. The van der Waals surface area contributed by atoms with Gasteiger partial charge in [0.2, 0.25) is 0 Å². The van der Waals surface area contributed by atoms with Crippen LogP contribution in [0.25, 0.3) is 0 Å². The van der Waals surface area contributed by atoms with Crippen molar-refractivity contribution in [2.75, 3.05) is 7.11 Å². The van der Waals surface area contributed by atoms with Gasteiger partial charge in [0.25, 0.3) is 0 Å². The molecule has 1 atom stereocenters. The Kier molecular flexibility index (Phi) is 2.34. The number of ether oxygens (including phenoxy) is 1. The summed E-state index contributed by atoms with van der Waals surface area (Å²) in [4.78, 5) is 0. The molecule has 0 spiro atoms. The van der Waals surface area contributed by atoms with Gasteiger partial charge in [0.05, 0.1) is 6.10 Å². The lowest BCUT2D eigenvalue weighted by atomic mass is 9.98. The van der Waals surface area contributed by atoms with Gasteiger partial charge in [-0.2, -0.15) is 0 Å². The van der Waals surface area contributed by atoms with Gasteiger partial charge >= 0.3 is 0 Å². The van der Waals surface area contributed by atoms with Crippen LogP contribution in [0.15, 0.2) is 0 Å². The molecule has 0 heterocycles. The maximum atomic E-state index is 5.16. The molecule has 1 heteroatoms. The fourth-order valence-electron chi connectivity index (χ4n) is 1.13. The molecular weight excluding hydrogens is 100 g/mol. The Hall–Kier alpha value is -0.0400. The first-order valence-electron chi connectivity index (χ1n) is 3.28. The lowest BCUT2D eigenvalue weighted by Gasteiger charge is -2.18. The fraction of sp³-hybridized carbons (Fsp3) is 0.857. The highest BCUT2D eigenvalue weighted by atomic mass is 16.5. The zero-order valence-corrected chi connectivity index (χ0v) is 5.39. The molecule has 1 rings (SSSR count). The molecule has 8 heavy (non-hydrogen) atoms. The number of hydrogen-bond donors (Lipinski definition) is 0. The smallest absolute Gasteiger partial charge is 0.0574 e. The Balaban J connectivity index is 2.13. The zero-order valence-electron chi connectivity index (χ0n) is 5.39. The molecule has 1 nitrogen and oxygen atoms in total. The van der Waals surface area contributed by atoms with E-state index in [2.05, 4.69) is 6.42 Å². The Labute approximate surface area is 51.0 Å². The van der Waals surface area contributed by atoms with E-state index >= 15 is 0 Å². The van der Waals surface area contributed by atoms with Crippen molar-refractivity contribution in [1.82, 2.24) is 0 Å². The fourth-order valence-corrected chi connectivity index (χ4v) is 1.13. The summed E-state index contributed by atoms with van der Waals surface area (Å²) >= 11 is 0. The van der Waals surface area contributed by atoms with E-state index in [0.717, 1.165) is 6.42 Å². The molecule has 0 aromatic rings. The van der Waals surface area contributed by atoms with E-state index in [1.165, 1.54) is 19.3 Å². The second-order valence-electron chi connectivity index (χ2n) is 2.31. The van der Waals surface area contributed by atoms with Gasteiger partial charge < -0.3 is 4.74 Å². The standard InChI is InChI=1S/C7H13O/c1-8-7-5-3-2-4-6-7/h3,7H,2,4-6H2,1H3. The predicted molar refractivity (Wildman–Crippen MR) is 33.6 cm³/mol. The Morgan fingerprint density at radius 1 is 1.62 bits per heavy atom.